The van der Waals surface area contributed by atoms with E-state index in [4.69, 9.17) is 9.47 Å². The van der Waals surface area contributed by atoms with Crippen LogP contribution in [-0.2, 0) is 10.3 Å². The van der Waals surface area contributed by atoms with Gasteiger partial charge in [-0.15, -0.1) is 0 Å². The van der Waals surface area contributed by atoms with Gasteiger partial charge in [-0.25, -0.2) is 0 Å². The molecule has 2 aromatic rings. The predicted molar refractivity (Wildman–Crippen MR) is 74.3 cm³/mol. The lowest BCUT2D eigenvalue weighted by Gasteiger charge is -2.29. The van der Waals surface area contributed by atoms with Gasteiger partial charge in [0.25, 0.3) is 0 Å². The van der Waals surface area contributed by atoms with Gasteiger partial charge in [0.1, 0.15) is 11.4 Å². The largest absolute Gasteiger partial charge is 0.496 e. The first kappa shape index (κ1) is 13.6. The summed E-state index contributed by atoms with van der Waals surface area (Å²) in [6.07, 6.45) is 0. The first-order valence-electron chi connectivity index (χ1n) is 6.12. The molecule has 100 valence electrons. The number of benzene rings is 2. The number of methoxy groups -OCH3 is 2. The third-order valence-corrected chi connectivity index (χ3v) is 3.16. The van der Waals surface area contributed by atoms with Gasteiger partial charge in [-0.1, -0.05) is 48.5 Å². The lowest BCUT2D eigenvalue weighted by molar-refractivity contribution is -0.00478. The van der Waals surface area contributed by atoms with Gasteiger partial charge in [0.15, 0.2) is 0 Å². The van der Waals surface area contributed by atoms with Crippen molar-refractivity contribution in [2.24, 2.45) is 0 Å². The standard InChI is InChI=1S/C16H18O3/c1-18-12-16(17,13-8-4-3-5-9-13)14-10-6-7-11-15(14)19-2/h3-11,17H,12H2,1-2H3. The first-order chi connectivity index (χ1) is 9.22. The molecule has 0 aliphatic heterocycles. The summed E-state index contributed by atoms with van der Waals surface area (Å²) < 4.78 is 10.6. The lowest BCUT2D eigenvalue weighted by atomic mass is 9.86. The van der Waals surface area contributed by atoms with Crippen molar-refractivity contribution < 1.29 is 14.6 Å². The van der Waals surface area contributed by atoms with Gasteiger partial charge in [0.05, 0.1) is 13.7 Å². The van der Waals surface area contributed by atoms with Crippen LogP contribution >= 0.6 is 0 Å². The fourth-order valence-corrected chi connectivity index (χ4v) is 2.23. The highest BCUT2D eigenvalue weighted by atomic mass is 16.5. The van der Waals surface area contributed by atoms with E-state index in [1.807, 2.05) is 54.6 Å². The second-order valence-corrected chi connectivity index (χ2v) is 4.36. The Kier molecular flexibility index (Phi) is 4.20. The van der Waals surface area contributed by atoms with E-state index in [2.05, 4.69) is 0 Å². The zero-order chi connectivity index (χ0) is 13.7. The molecule has 0 saturated carbocycles. The molecule has 0 fully saturated rings. The van der Waals surface area contributed by atoms with E-state index < -0.39 is 5.60 Å². The third-order valence-electron chi connectivity index (χ3n) is 3.16. The van der Waals surface area contributed by atoms with Crippen molar-refractivity contribution in [2.45, 2.75) is 5.60 Å². The smallest absolute Gasteiger partial charge is 0.141 e. The summed E-state index contributed by atoms with van der Waals surface area (Å²) in [5, 5.41) is 11.1. The van der Waals surface area contributed by atoms with Crippen LogP contribution in [0.25, 0.3) is 0 Å². The van der Waals surface area contributed by atoms with Crippen molar-refractivity contribution in [3.05, 3.63) is 65.7 Å². The monoisotopic (exact) mass is 258 g/mol. The van der Waals surface area contributed by atoms with Crippen LogP contribution < -0.4 is 4.74 Å². The van der Waals surface area contributed by atoms with E-state index in [-0.39, 0.29) is 6.61 Å². The van der Waals surface area contributed by atoms with Crippen molar-refractivity contribution in [3.8, 4) is 5.75 Å². The van der Waals surface area contributed by atoms with Crippen molar-refractivity contribution in [3.63, 3.8) is 0 Å². The molecule has 0 heterocycles. The fourth-order valence-electron chi connectivity index (χ4n) is 2.23. The van der Waals surface area contributed by atoms with Crippen LogP contribution in [0.2, 0.25) is 0 Å². The molecule has 3 nitrogen and oxygen atoms in total. The zero-order valence-electron chi connectivity index (χ0n) is 11.2. The number of para-hydroxylation sites is 1. The molecule has 1 atom stereocenters. The molecule has 2 aromatic carbocycles. The molecule has 0 radical (unpaired) electrons. The van der Waals surface area contributed by atoms with Crippen molar-refractivity contribution in [2.75, 3.05) is 20.8 Å². The number of hydrogen-bond acceptors (Lipinski definition) is 3. The Morgan fingerprint density at radius 2 is 1.58 bits per heavy atom. The molecular formula is C16H18O3. The third kappa shape index (κ3) is 2.62. The van der Waals surface area contributed by atoms with E-state index in [1.54, 1.807) is 14.2 Å². The molecule has 2 rings (SSSR count). The summed E-state index contributed by atoms with van der Waals surface area (Å²) >= 11 is 0. The first-order valence-corrected chi connectivity index (χ1v) is 6.12. The summed E-state index contributed by atoms with van der Waals surface area (Å²) in [7, 11) is 3.17. The summed E-state index contributed by atoms with van der Waals surface area (Å²) in [4.78, 5) is 0. The number of rotatable bonds is 5. The number of aliphatic hydroxyl groups is 1. The zero-order valence-corrected chi connectivity index (χ0v) is 11.2. The van der Waals surface area contributed by atoms with Crippen molar-refractivity contribution in [1.29, 1.82) is 0 Å². The Morgan fingerprint density at radius 1 is 0.947 bits per heavy atom. The van der Waals surface area contributed by atoms with Gasteiger partial charge in [-0.2, -0.15) is 0 Å². The normalized spacial score (nSPS) is 13.8. The van der Waals surface area contributed by atoms with Gasteiger partial charge < -0.3 is 14.6 Å². The molecule has 3 heteroatoms. The maximum absolute atomic E-state index is 11.1. The van der Waals surface area contributed by atoms with Crippen LogP contribution in [0.1, 0.15) is 11.1 Å². The summed E-state index contributed by atoms with van der Waals surface area (Å²) in [5.41, 5.74) is 0.259. The second-order valence-electron chi connectivity index (χ2n) is 4.36. The molecule has 0 saturated heterocycles. The quantitative estimate of drug-likeness (QED) is 0.896. The molecule has 0 aromatic heterocycles. The lowest BCUT2D eigenvalue weighted by Crippen LogP contribution is -2.33. The molecule has 0 bridgehead atoms. The predicted octanol–water partition coefficient (Wildman–Crippen LogP) is 2.58. The van der Waals surface area contributed by atoms with E-state index in [0.29, 0.717) is 11.3 Å². The minimum absolute atomic E-state index is 0.164. The molecule has 0 aliphatic rings. The number of ether oxygens (including phenoxy) is 2. The van der Waals surface area contributed by atoms with Gasteiger partial charge in [-0.05, 0) is 11.6 Å². The maximum atomic E-state index is 11.1. The molecule has 19 heavy (non-hydrogen) atoms. The highest BCUT2D eigenvalue weighted by molar-refractivity contribution is 5.44. The molecular weight excluding hydrogens is 240 g/mol. The van der Waals surface area contributed by atoms with Crippen LogP contribution in [0.3, 0.4) is 0 Å². The minimum atomic E-state index is -1.22. The fraction of sp³-hybridized carbons (Fsp3) is 0.250. The average Bonchev–Trinajstić information content (AvgIpc) is 2.48. The molecule has 0 aliphatic carbocycles. The van der Waals surface area contributed by atoms with Gasteiger partial charge in [-0.3, -0.25) is 0 Å². The molecule has 1 unspecified atom stereocenters. The summed E-state index contributed by atoms with van der Waals surface area (Å²) in [6, 6.07) is 16.9. The minimum Gasteiger partial charge on any atom is -0.496 e. The molecule has 1 N–H and O–H groups in total. The van der Waals surface area contributed by atoms with E-state index in [0.717, 1.165) is 5.56 Å². The van der Waals surface area contributed by atoms with Crippen LogP contribution in [0.15, 0.2) is 54.6 Å². The van der Waals surface area contributed by atoms with E-state index in [1.165, 1.54) is 0 Å². The highest BCUT2D eigenvalue weighted by Crippen LogP contribution is 2.35. The van der Waals surface area contributed by atoms with Gasteiger partial charge in [0, 0.05) is 12.7 Å². The van der Waals surface area contributed by atoms with E-state index in [9.17, 15) is 5.11 Å². The van der Waals surface area contributed by atoms with Crippen LogP contribution in [-0.4, -0.2) is 25.9 Å². The van der Waals surface area contributed by atoms with Crippen molar-refractivity contribution in [1.82, 2.24) is 0 Å². The Morgan fingerprint density at radius 3 is 2.21 bits per heavy atom. The highest BCUT2D eigenvalue weighted by Gasteiger charge is 2.34. The van der Waals surface area contributed by atoms with Crippen LogP contribution in [0.5, 0.6) is 5.75 Å². The van der Waals surface area contributed by atoms with E-state index >= 15 is 0 Å². The van der Waals surface area contributed by atoms with Crippen LogP contribution in [0, 0.1) is 0 Å². The maximum Gasteiger partial charge on any atom is 0.141 e. The van der Waals surface area contributed by atoms with Gasteiger partial charge in [0.2, 0.25) is 0 Å². The SMILES string of the molecule is COCC(O)(c1ccccc1)c1ccccc1OC. The van der Waals surface area contributed by atoms with Crippen LogP contribution in [0.4, 0.5) is 0 Å². The second kappa shape index (κ2) is 5.87. The summed E-state index contributed by atoms with van der Waals surface area (Å²) in [5.74, 6) is 0.644. The molecule has 0 spiro atoms. The number of hydrogen-bond donors (Lipinski definition) is 1. The van der Waals surface area contributed by atoms with Crippen molar-refractivity contribution >= 4 is 0 Å². The topological polar surface area (TPSA) is 38.7 Å². The molecule has 0 amide bonds. The Bertz CT molecular complexity index is 525. The Labute approximate surface area is 113 Å². The van der Waals surface area contributed by atoms with Gasteiger partial charge >= 0.3 is 0 Å². The summed E-state index contributed by atoms with van der Waals surface area (Å²) in [6.45, 7) is 0.164. The Hall–Kier alpha value is -1.84. The average molecular weight is 258 g/mol. The Balaban J connectivity index is 2.56.